The maximum atomic E-state index is 13.7. The first-order chi connectivity index (χ1) is 12.3. The van der Waals surface area contributed by atoms with Crippen LogP contribution in [0.1, 0.15) is 38.6 Å². The van der Waals surface area contributed by atoms with E-state index in [1.807, 2.05) is 10.6 Å². The lowest BCUT2D eigenvalue weighted by Crippen LogP contribution is -2.13. The van der Waals surface area contributed by atoms with Crippen molar-refractivity contribution in [2.75, 3.05) is 5.73 Å². The normalized spacial score (nSPS) is 15.2. The molecule has 0 amide bonds. The molecule has 2 aromatic heterocycles. The van der Waals surface area contributed by atoms with Gasteiger partial charge in [-0.25, -0.2) is 19.3 Å². The molecule has 1 aromatic carbocycles. The minimum absolute atomic E-state index is 0.266. The second-order valence-electron chi connectivity index (χ2n) is 7.17. The van der Waals surface area contributed by atoms with Crippen molar-refractivity contribution in [3.63, 3.8) is 0 Å². The van der Waals surface area contributed by atoms with Crippen molar-refractivity contribution in [2.45, 2.75) is 38.3 Å². The maximum absolute atomic E-state index is 13.7. The van der Waals surface area contributed by atoms with E-state index in [4.69, 9.17) is 5.73 Å². The van der Waals surface area contributed by atoms with E-state index in [9.17, 15) is 9.50 Å². The van der Waals surface area contributed by atoms with Gasteiger partial charge in [-0.3, -0.25) is 0 Å². The summed E-state index contributed by atoms with van der Waals surface area (Å²) in [4.78, 5) is 13.5. The molecule has 3 N–H and O–H groups in total. The van der Waals surface area contributed by atoms with E-state index in [1.165, 1.54) is 12.1 Å². The number of aromatic nitrogens is 4. The van der Waals surface area contributed by atoms with Gasteiger partial charge in [-0.05, 0) is 51.0 Å². The zero-order valence-electron chi connectivity index (χ0n) is 14.6. The Kier molecular flexibility index (Phi) is 3.77. The summed E-state index contributed by atoms with van der Waals surface area (Å²) in [7, 11) is 0. The van der Waals surface area contributed by atoms with Crippen molar-refractivity contribution in [3.8, 4) is 11.4 Å². The van der Waals surface area contributed by atoms with Crippen LogP contribution < -0.4 is 5.73 Å². The summed E-state index contributed by atoms with van der Waals surface area (Å²) in [6, 6.07) is 6.62. The third kappa shape index (κ3) is 3.17. The zero-order valence-corrected chi connectivity index (χ0v) is 14.6. The van der Waals surface area contributed by atoms with Crippen LogP contribution in [0.3, 0.4) is 0 Å². The first-order valence-corrected chi connectivity index (χ1v) is 8.55. The predicted octanol–water partition coefficient (Wildman–Crippen LogP) is 3.33. The molecule has 134 valence electrons. The fourth-order valence-corrected chi connectivity index (χ4v) is 2.88. The number of nitrogen functional groups attached to an aromatic ring is 1. The van der Waals surface area contributed by atoms with E-state index in [0.717, 1.165) is 12.8 Å². The fraction of sp³-hybridized carbons (Fsp3) is 0.316. The smallest absolute Gasteiger partial charge is 0.166 e. The van der Waals surface area contributed by atoms with Crippen molar-refractivity contribution in [1.82, 2.24) is 19.5 Å². The minimum atomic E-state index is -0.976. The summed E-state index contributed by atoms with van der Waals surface area (Å²) in [5, 5.41) is 9.87. The Labute approximate surface area is 150 Å². The standard InChI is InChI=1S/C19H20FN5O/c1-19(2,26)9-8-14-22-16(21)15-18(23-14)25(13-6-7-13)17(24-15)11-4-3-5-12(20)10-11/h3-5,8-10,13,26H,6-7H2,1-2H3,(H2,21,22,23)/b9-8+. The summed E-state index contributed by atoms with van der Waals surface area (Å²) in [5.41, 5.74) is 6.96. The SMILES string of the molecule is CC(C)(O)/C=C/c1nc(N)c2nc(-c3cccc(F)c3)n(C3CC3)c2n1. The molecule has 0 saturated heterocycles. The van der Waals surface area contributed by atoms with E-state index >= 15 is 0 Å². The van der Waals surface area contributed by atoms with Crippen molar-refractivity contribution in [2.24, 2.45) is 0 Å². The number of nitrogens with zero attached hydrogens (tertiary/aromatic N) is 4. The molecule has 0 aliphatic heterocycles. The van der Waals surface area contributed by atoms with E-state index in [0.29, 0.717) is 28.4 Å². The van der Waals surface area contributed by atoms with Crippen LogP contribution in [0, 0.1) is 5.82 Å². The Bertz CT molecular complexity index is 1010. The minimum Gasteiger partial charge on any atom is -0.386 e. The van der Waals surface area contributed by atoms with Gasteiger partial charge in [-0.15, -0.1) is 0 Å². The fourth-order valence-electron chi connectivity index (χ4n) is 2.88. The van der Waals surface area contributed by atoms with Crippen LogP contribution in [0.5, 0.6) is 0 Å². The summed E-state index contributed by atoms with van der Waals surface area (Å²) in [5.74, 6) is 1.00. The number of halogens is 1. The molecule has 4 rings (SSSR count). The Morgan fingerprint density at radius 1 is 1.27 bits per heavy atom. The number of fused-ring (bicyclic) bond motifs is 1. The third-order valence-corrected chi connectivity index (χ3v) is 4.22. The molecule has 1 fully saturated rings. The van der Waals surface area contributed by atoms with Crippen molar-refractivity contribution in [1.29, 1.82) is 0 Å². The summed E-state index contributed by atoms with van der Waals surface area (Å²) in [6.45, 7) is 3.34. The lowest BCUT2D eigenvalue weighted by Gasteiger charge is -2.10. The Morgan fingerprint density at radius 2 is 2.04 bits per heavy atom. The summed E-state index contributed by atoms with van der Waals surface area (Å²) < 4.78 is 15.7. The lowest BCUT2D eigenvalue weighted by atomic mass is 10.1. The second kappa shape index (κ2) is 5.88. The van der Waals surface area contributed by atoms with Crippen LogP contribution in [-0.2, 0) is 0 Å². The van der Waals surface area contributed by atoms with Crippen LogP contribution in [0.2, 0.25) is 0 Å². The molecule has 1 aliphatic rings. The molecule has 3 aromatic rings. The zero-order chi connectivity index (χ0) is 18.5. The van der Waals surface area contributed by atoms with Gasteiger partial charge in [0, 0.05) is 11.6 Å². The number of anilines is 1. The van der Waals surface area contributed by atoms with Crippen LogP contribution in [0.25, 0.3) is 28.6 Å². The number of aliphatic hydroxyl groups is 1. The first kappa shape index (κ1) is 16.7. The van der Waals surface area contributed by atoms with Crippen LogP contribution in [0.4, 0.5) is 10.2 Å². The monoisotopic (exact) mass is 353 g/mol. The van der Waals surface area contributed by atoms with Gasteiger partial charge in [0.2, 0.25) is 0 Å². The molecule has 1 saturated carbocycles. The van der Waals surface area contributed by atoms with Gasteiger partial charge in [-0.2, -0.15) is 0 Å². The molecule has 0 radical (unpaired) electrons. The Hall–Kier alpha value is -2.80. The highest BCUT2D eigenvalue weighted by atomic mass is 19.1. The Morgan fingerprint density at radius 3 is 2.69 bits per heavy atom. The third-order valence-electron chi connectivity index (χ3n) is 4.22. The van der Waals surface area contributed by atoms with E-state index in [1.54, 1.807) is 32.1 Å². The van der Waals surface area contributed by atoms with Crippen LogP contribution >= 0.6 is 0 Å². The van der Waals surface area contributed by atoms with Crippen LogP contribution in [0.15, 0.2) is 30.3 Å². The molecule has 26 heavy (non-hydrogen) atoms. The highest BCUT2D eigenvalue weighted by molar-refractivity contribution is 5.86. The number of hydrogen-bond acceptors (Lipinski definition) is 5. The molecule has 0 bridgehead atoms. The van der Waals surface area contributed by atoms with Gasteiger partial charge >= 0.3 is 0 Å². The lowest BCUT2D eigenvalue weighted by molar-refractivity contribution is 0.134. The molecule has 0 unspecified atom stereocenters. The van der Waals surface area contributed by atoms with Gasteiger partial charge in [0.05, 0.1) is 5.60 Å². The molecule has 1 aliphatic carbocycles. The molecule has 2 heterocycles. The van der Waals surface area contributed by atoms with Crippen molar-refractivity contribution < 1.29 is 9.50 Å². The van der Waals surface area contributed by atoms with Gasteiger partial charge < -0.3 is 15.4 Å². The van der Waals surface area contributed by atoms with Gasteiger partial charge in [0.1, 0.15) is 11.6 Å². The van der Waals surface area contributed by atoms with Crippen molar-refractivity contribution in [3.05, 3.63) is 42.0 Å². The largest absolute Gasteiger partial charge is 0.386 e. The molecule has 6 nitrogen and oxygen atoms in total. The number of rotatable bonds is 4. The molecule has 0 spiro atoms. The van der Waals surface area contributed by atoms with Gasteiger partial charge in [0.25, 0.3) is 0 Å². The number of hydrogen-bond donors (Lipinski definition) is 2. The van der Waals surface area contributed by atoms with Gasteiger partial charge in [-0.1, -0.05) is 12.1 Å². The predicted molar refractivity (Wildman–Crippen MR) is 98.7 cm³/mol. The average Bonchev–Trinajstić information content (AvgIpc) is 3.32. The van der Waals surface area contributed by atoms with Crippen molar-refractivity contribution >= 4 is 23.1 Å². The topological polar surface area (TPSA) is 89.9 Å². The molecular formula is C19H20FN5O. The highest BCUT2D eigenvalue weighted by Gasteiger charge is 2.30. The number of imidazole rings is 1. The first-order valence-electron chi connectivity index (χ1n) is 8.55. The Balaban J connectivity index is 1.91. The summed E-state index contributed by atoms with van der Waals surface area (Å²) in [6.07, 6.45) is 5.29. The molecule has 0 atom stereocenters. The summed E-state index contributed by atoms with van der Waals surface area (Å²) >= 11 is 0. The molecular weight excluding hydrogens is 333 g/mol. The average molecular weight is 353 g/mol. The molecule has 7 heteroatoms. The van der Waals surface area contributed by atoms with Gasteiger partial charge in [0.15, 0.2) is 22.8 Å². The van der Waals surface area contributed by atoms with E-state index < -0.39 is 5.60 Å². The van der Waals surface area contributed by atoms with E-state index in [2.05, 4.69) is 15.0 Å². The quantitative estimate of drug-likeness (QED) is 0.751. The number of benzene rings is 1. The van der Waals surface area contributed by atoms with Crippen LogP contribution in [-0.4, -0.2) is 30.2 Å². The van der Waals surface area contributed by atoms with E-state index in [-0.39, 0.29) is 17.7 Å². The highest BCUT2D eigenvalue weighted by Crippen LogP contribution is 2.41. The maximum Gasteiger partial charge on any atom is 0.166 e. The number of nitrogens with two attached hydrogens (primary N) is 1. The second-order valence-corrected chi connectivity index (χ2v) is 7.17.